The zero-order valence-electron chi connectivity index (χ0n) is 18.6. The Morgan fingerprint density at radius 3 is 2.52 bits per heavy atom. The smallest absolute Gasteiger partial charge is 0.257 e. The van der Waals surface area contributed by atoms with Crippen LogP contribution in [0.25, 0.3) is 0 Å². The molecule has 0 fully saturated rings. The van der Waals surface area contributed by atoms with Crippen LogP contribution >= 0.6 is 0 Å². The molecule has 1 amide bonds. The van der Waals surface area contributed by atoms with Crippen molar-refractivity contribution in [2.24, 2.45) is 0 Å². The molecule has 31 heavy (non-hydrogen) atoms. The van der Waals surface area contributed by atoms with E-state index in [-0.39, 0.29) is 12.0 Å². The van der Waals surface area contributed by atoms with E-state index in [1.165, 1.54) is 5.56 Å². The van der Waals surface area contributed by atoms with Crippen LogP contribution in [0, 0.1) is 6.92 Å². The van der Waals surface area contributed by atoms with Crippen molar-refractivity contribution in [2.45, 2.75) is 46.1 Å². The molecule has 1 unspecified atom stereocenters. The minimum absolute atomic E-state index is 0.0805. The maximum Gasteiger partial charge on any atom is 0.257 e. The van der Waals surface area contributed by atoms with Crippen molar-refractivity contribution in [3.63, 3.8) is 0 Å². The van der Waals surface area contributed by atoms with Crippen LogP contribution < -0.4 is 10.1 Å². The summed E-state index contributed by atoms with van der Waals surface area (Å²) < 4.78 is 11.3. The van der Waals surface area contributed by atoms with Crippen molar-refractivity contribution in [3.05, 3.63) is 83.2 Å². The highest BCUT2D eigenvalue weighted by Crippen LogP contribution is 2.25. The van der Waals surface area contributed by atoms with E-state index in [1.807, 2.05) is 62.4 Å². The van der Waals surface area contributed by atoms with Crippen LogP contribution in [0.15, 0.2) is 60.7 Å². The summed E-state index contributed by atoms with van der Waals surface area (Å²) in [6, 6.07) is 19.2. The molecule has 0 saturated heterocycles. The van der Waals surface area contributed by atoms with Gasteiger partial charge in [0.1, 0.15) is 11.5 Å². The van der Waals surface area contributed by atoms with E-state index in [2.05, 4.69) is 29.4 Å². The maximum absolute atomic E-state index is 12.8. The van der Waals surface area contributed by atoms with Gasteiger partial charge in [0, 0.05) is 31.0 Å². The number of anilines is 1. The standard InChI is InChI=1S/C26H30N2O3/c1-5-8-20-9-6-11-23(16-20)31-24-12-7-10-21(17-24)28-26(29)25-14-13-22(27-19(25)3)15-18(2)30-4/h6-7,9-14,16-18H,5,8,15H2,1-4H3,(H,28,29). The number of hydrogen-bond donors (Lipinski definition) is 1. The van der Waals surface area contributed by atoms with Gasteiger partial charge in [-0.2, -0.15) is 0 Å². The molecule has 5 heteroatoms. The van der Waals surface area contributed by atoms with E-state index in [4.69, 9.17) is 9.47 Å². The van der Waals surface area contributed by atoms with Gasteiger partial charge in [-0.3, -0.25) is 9.78 Å². The number of amides is 1. The van der Waals surface area contributed by atoms with Gasteiger partial charge in [0.15, 0.2) is 0 Å². The number of methoxy groups -OCH3 is 1. The Hall–Kier alpha value is -3.18. The van der Waals surface area contributed by atoms with Gasteiger partial charge in [-0.1, -0.05) is 31.5 Å². The second kappa shape index (κ2) is 10.7. The number of carbonyl (C=O) groups is 1. The second-order valence-corrected chi connectivity index (χ2v) is 7.67. The van der Waals surface area contributed by atoms with Gasteiger partial charge < -0.3 is 14.8 Å². The first-order valence-corrected chi connectivity index (χ1v) is 10.7. The summed E-state index contributed by atoms with van der Waals surface area (Å²) in [5, 5.41) is 2.94. The number of hydrogen-bond acceptors (Lipinski definition) is 4. The van der Waals surface area contributed by atoms with Crippen molar-refractivity contribution in [3.8, 4) is 11.5 Å². The fraction of sp³-hybridized carbons (Fsp3) is 0.308. The van der Waals surface area contributed by atoms with Crippen molar-refractivity contribution < 1.29 is 14.3 Å². The van der Waals surface area contributed by atoms with Gasteiger partial charge in [-0.15, -0.1) is 0 Å². The van der Waals surface area contributed by atoms with Crippen molar-refractivity contribution in [2.75, 3.05) is 12.4 Å². The molecule has 0 bridgehead atoms. The van der Waals surface area contributed by atoms with Crippen LogP contribution in [0.4, 0.5) is 5.69 Å². The zero-order valence-corrected chi connectivity index (χ0v) is 18.6. The average Bonchev–Trinajstić information content (AvgIpc) is 2.74. The fourth-order valence-electron chi connectivity index (χ4n) is 3.37. The molecular formula is C26H30N2O3. The number of carbonyl (C=O) groups excluding carboxylic acids is 1. The number of aryl methyl sites for hydroxylation is 2. The lowest BCUT2D eigenvalue weighted by molar-refractivity contribution is 0.102. The SMILES string of the molecule is CCCc1cccc(Oc2cccc(NC(=O)c3ccc(CC(C)OC)nc3C)c2)c1. The summed E-state index contributed by atoms with van der Waals surface area (Å²) in [5.41, 5.74) is 4.06. The summed E-state index contributed by atoms with van der Waals surface area (Å²) >= 11 is 0. The molecule has 5 nitrogen and oxygen atoms in total. The molecule has 0 aliphatic rings. The molecule has 3 rings (SSSR count). The van der Waals surface area contributed by atoms with Gasteiger partial charge in [0.2, 0.25) is 0 Å². The molecule has 1 atom stereocenters. The van der Waals surface area contributed by atoms with E-state index in [0.717, 1.165) is 24.3 Å². The van der Waals surface area contributed by atoms with E-state index in [0.29, 0.717) is 29.1 Å². The maximum atomic E-state index is 12.8. The first-order valence-electron chi connectivity index (χ1n) is 10.7. The number of nitrogens with one attached hydrogen (secondary N) is 1. The average molecular weight is 419 g/mol. The summed E-state index contributed by atoms with van der Waals surface area (Å²) in [5.74, 6) is 1.26. The van der Waals surface area contributed by atoms with E-state index in [1.54, 1.807) is 7.11 Å². The van der Waals surface area contributed by atoms with Crippen LogP contribution in [0.3, 0.4) is 0 Å². The minimum Gasteiger partial charge on any atom is -0.457 e. The van der Waals surface area contributed by atoms with Gasteiger partial charge in [0.05, 0.1) is 17.4 Å². The highest BCUT2D eigenvalue weighted by atomic mass is 16.5. The van der Waals surface area contributed by atoms with E-state index < -0.39 is 0 Å². The van der Waals surface area contributed by atoms with Gasteiger partial charge >= 0.3 is 0 Å². The number of aromatic nitrogens is 1. The Kier molecular flexibility index (Phi) is 7.79. The molecular weight excluding hydrogens is 388 g/mol. The quantitative estimate of drug-likeness (QED) is 0.465. The molecule has 1 heterocycles. The van der Waals surface area contributed by atoms with Crippen LogP contribution in [0.1, 0.15) is 47.6 Å². The largest absolute Gasteiger partial charge is 0.457 e. The van der Waals surface area contributed by atoms with Gasteiger partial charge in [0.25, 0.3) is 5.91 Å². The first kappa shape index (κ1) is 22.5. The monoisotopic (exact) mass is 418 g/mol. The van der Waals surface area contributed by atoms with Crippen molar-refractivity contribution in [1.82, 2.24) is 4.98 Å². The van der Waals surface area contributed by atoms with Crippen LogP contribution in [-0.4, -0.2) is 24.1 Å². The highest BCUT2D eigenvalue weighted by Gasteiger charge is 2.13. The Morgan fingerprint density at radius 1 is 1.06 bits per heavy atom. The van der Waals surface area contributed by atoms with Crippen LogP contribution in [0.5, 0.6) is 11.5 Å². The molecule has 3 aromatic rings. The predicted octanol–water partition coefficient (Wildman–Crippen LogP) is 5.96. The Labute approximate surface area is 184 Å². The Bertz CT molecular complexity index is 1030. The third-order valence-electron chi connectivity index (χ3n) is 5.05. The lowest BCUT2D eigenvalue weighted by Crippen LogP contribution is -2.16. The van der Waals surface area contributed by atoms with E-state index in [9.17, 15) is 4.79 Å². The summed E-state index contributed by atoms with van der Waals surface area (Å²) in [6.45, 7) is 6.00. The molecule has 2 aromatic carbocycles. The molecule has 162 valence electrons. The third-order valence-corrected chi connectivity index (χ3v) is 5.05. The van der Waals surface area contributed by atoms with Crippen LogP contribution in [0.2, 0.25) is 0 Å². The molecule has 0 aliphatic heterocycles. The highest BCUT2D eigenvalue weighted by molar-refractivity contribution is 6.05. The Morgan fingerprint density at radius 2 is 1.81 bits per heavy atom. The molecule has 0 saturated carbocycles. The molecule has 0 radical (unpaired) electrons. The summed E-state index contributed by atoms with van der Waals surface area (Å²) in [7, 11) is 1.68. The van der Waals surface area contributed by atoms with Crippen LogP contribution in [-0.2, 0) is 17.6 Å². The van der Waals surface area contributed by atoms with Gasteiger partial charge in [-0.25, -0.2) is 0 Å². The van der Waals surface area contributed by atoms with Crippen molar-refractivity contribution >= 4 is 11.6 Å². The normalized spacial score (nSPS) is 11.7. The molecule has 0 spiro atoms. The number of nitrogens with zero attached hydrogens (tertiary/aromatic N) is 1. The number of ether oxygens (including phenoxy) is 2. The van der Waals surface area contributed by atoms with E-state index >= 15 is 0 Å². The second-order valence-electron chi connectivity index (χ2n) is 7.67. The Balaban J connectivity index is 1.69. The number of rotatable bonds is 9. The topological polar surface area (TPSA) is 60.5 Å². The van der Waals surface area contributed by atoms with Gasteiger partial charge in [-0.05, 0) is 62.2 Å². The third kappa shape index (κ3) is 6.40. The molecule has 1 N–H and O–H groups in total. The lowest BCUT2D eigenvalue weighted by Gasteiger charge is -2.12. The number of benzene rings is 2. The predicted molar refractivity (Wildman–Crippen MR) is 124 cm³/mol. The molecule has 0 aliphatic carbocycles. The first-order chi connectivity index (χ1) is 15.0. The lowest BCUT2D eigenvalue weighted by atomic mass is 10.1. The van der Waals surface area contributed by atoms with Crippen molar-refractivity contribution in [1.29, 1.82) is 0 Å². The molecule has 1 aromatic heterocycles. The summed E-state index contributed by atoms with van der Waals surface area (Å²) in [6.07, 6.45) is 2.89. The minimum atomic E-state index is -0.196. The number of pyridine rings is 1. The summed E-state index contributed by atoms with van der Waals surface area (Å²) in [4.78, 5) is 17.3. The zero-order chi connectivity index (χ0) is 22.2. The fourth-order valence-corrected chi connectivity index (χ4v) is 3.37.